The number of rotatable bonds is 7. The third kappa shape index (κ3) is 3.71. The number of amides is 1. The molecule has 0 unspecified atom stereocenters. The minimum absolute atomic E-state index is 0.0906. The van der Waals surface area contributed by atoms with Crippen molar-refractivity contribution in [3.8, 4) is 17.3 Å². The SMILES string of the molecule is COCCOc1ccc2c(c1)C(=O)N(c1cccc(-c3nncn3C(C)C)n1)C2. The van der Waals surface area contributed by atoms with Crippen molar-refractivity contribution in [1.29, 1.82) is 0 Å². The Morgan fingerprint density at radius 3 is 2.83 bits per heavy atom. The van der Waals surface area contributed by atoms with Crippen molar-refractivity contribution in [1.82, 2.24) is 19.7 Å². The van der Waals surface area contributed by atoms with E-state index >= 15 is 0 Å². The second-order valence-electron chi connectivity index (χ2n) is 7.09. The summed E-state index contributed by atoms with van der Waals surface area (Å²) in [5.41, 5.74) is 2.27. The number of ether oxygens (including phenoxy) is 2. The molecule has 0 N–H and O–H groups in total. The molecule has 1 amide bonds. The summed E-state index contributed by atoms with van der Waals surface area (Å²) in [5, 5.41) is 8.21. The number of carbonyl (C=O) groups excluding carboxylic acids is 1. The molecule has 0 spiro atoms. The average Bonchev–Trinajstić information content (AvgIpc) is 3.34. The number of methoxy groups -OCH3 is 1. The standard InChI is InChI=1S/C21H23N5O3/c1-14(2)26-13-22-24-20(26)18-5-4-6-19(23-18)25-12-15-7-8-16(29-10-9-28-3)11-17(15)21(25)27/h4-8,11,13-14H,9-10,12H2,1-3H3. The van der Waals surface area contributed by atoms with Gasteiger partial charge in [0.2, 0.25) is 0 Å². The highest BCUT2D eigenvalue weighted by molar-refractivity contribution is 6.09. The van der Waals surface area contributed by atoms with Crippen LogP contribution >= 0.6 is 0 Å². The van der Waals surface area contributed by atoms with Gasteiger partial charge in [0.1, 0.15) is 30.2 Å². The van der Waals surface area contributed by atoms with Gasteiger partial charge in [0, 0.05) is 18.7 Å². The van der Waals surface area contributed by atoms with Crippen molar-refractivity contribution in [3.63, 3.8) is 0 Å². The largest absolute Gasteiger partial charge is 0.491 e. The van der Waals surface area contributed by atoms with Crippen LogP contribution in [0.4, 0.5) is 5.82 Å². The number of anilines is 1. The van der Waals surface area contributed by atoms with Crippen molar-refractivity contribution in [2.45, 2.75) is 26.4 Å². The van der Waals surface area contributed by atoms with E-state index < -0.39 is 0 Å². The van der Waals surface area contributed by atoms with E-state index in [2.05, 4.69) is 24.0 Å². The van der Waals surface area contributed by atoms with Gasteiger partial charge in [0.25, 0.3) is 5.91 Å². The second kappa shape index (κ2) is 8.00. The molecular weight excluding hydrogens is 370 g/mol. The van der Waals surface area contributed by atoms with Crippen molar-refractivity contribution < 1.29 is 14.3 Å². The first-order valence-electron chi connectivity index (χ1n) is 9.52. The van der Waals surface area contributed by atoms with Crippen LogP contribution in [0.2, 0.25) is 0 Å². The molecule has 1 aromatic carbocycles. The molecule has 0 saturated carbocycles. The summed E-state index contributed by atoms with van der Waals surface area (Å²) in [7, 11) is 1.62. The molecule has 4 rings (SSSR count). The summed E-state index contributed by atoms with van der Waals surface area (Å²) < 4.78 is 12.6. The minimum Gasteiger partial charge on any atom is -0.491 e. The van der Waals surface area contributed by atoms with Crippen LogP contribution in [0.1, 0.15) is 35.8 Å². The van der Waals surface area contributed by atoms with Crippen LogP contribution in [0.3, 0.4) is 0 Å². The predicted octanol–water partition coefficient (Wildman–Crippen LogP) is 3.11. The molecule has 3 aromatic rings. The van der Waals surface area contributed by atoms with Crippen molar-refractivity contribution in [2.24, 2.45) is 0 Å². The van der Waals surface area contributed by atoms with Gasteiger partial charge in [-0.2, -0.15) is 0 Å². The van der Waals surface area contributed by atoms with Gasteiger partial charge in [-0.15, -0.1) is 10.2 Å². The Morgan fingerprint density at radius 2 is 2.03 bits per heavy atom. The van der Waals surface area contributed by atoms with Gasteiger partial charge in [-0.1, -0.05) is 12.1 Å². The highest BCUT2D eigenvalue weighted by atomic mass is 16.5. The second-order valence-corrected chi connectivity index (χ2v) is 7.09. The van der Waals surface area contributed by atoms with Gasteiger partial charge >= 0.3 is 0 Å². The first-order valence-corrected chi connectivity index (χ1v) is 9.52. The van der Waals surface area contributed by atoms with Crippen LogP contribution in [0.5, 0.6) is 5.75 Å². The number of carbonyl (C=O) groups is 1. The number of nitrogens with zero attached hydrogens (tertiary/aromatic N) is 5. The summed E-state index contributed by atoms with van der Waals surface area (Å²) in [6.45, 7) is 5.52. The van der Waals surface area contributed by atoms with Crippen molar-refractivity contribution >= 4 is 11.7 Å². The van der Waals surface area contributed by atoms with E-state index in [0.29, 0.717) is 48.4 Å². The van der Waals surface area contributed by atoms with Gasteiger partial charge in [-0.05, 0) is 43.7 Å². The molecule has 1 aliphatic rings. The van der Waals surface area contributed by atoms with Gasteiger partial charge in [-0.3, -0.25) is 9.69 Å². The third-order valence-corrected chi connectivity index (χ3v) is 4.81. The molecule has 0 saturated heterocycles. The highest BCUT2D eigenvalue weighted by Crippen LogP contribution is 2.31. The van der Waals surface area contributed by atoms with E-state index in [9.17, 15) is 4.79 Å². The zero-order chi connectivity index (χ0) is 20.4. The molecule has 8 nitrogen and oxygen atoms in total. The number of hydrogen-bond acceptors (Lipinski definition) is 6. The number of aromatic nitrogens is 4. The van der Waals surface area contributed by atoms with E-state index in [1.165, 1.54) is 0 Å². The maximum atomic E-state index is 13.0. The topological polar surface area (TPSA) is 82.4 Å². The lowest BCUT2D eigenvalue weighted by atomic mass is 10.1. The van der Waals surface area contributed by atoms with E-state index in [1.54, 1.807) is 24.4 Å². The zero-order valence-corrected chi connectivity index (χ0v) is 16.7. The van der Waals surface area contributed by atoms with Crippen LogP contribution in [-0.2, 0) is 11.3 Å². The Morgan fingerprint density at radius 1 is 1.17 bits per heavy atom. The van der Waals surface area contributed by atoms with Crippen LogP contribution in [0.15, 0.2) is 42.7 Å². The van der Waals surface area contributed by atoms with E-state index in [0.717, 1.165) is 5.56 Å². The van der Waals surface area contributed by atoms with Gasteiger partial charge in [0.15, 0.2) is 5.82 Å². The first kappa shape index (κ1) is 19.1. The minimum atomic E-state index is -0.0906. The van der Waals surface area contributed by atoms with E-state index in [1.807, 2.05) is 34.9 Å². The Kier molecular flexibility index (Phi) is 5.26. The van der Waals surface area contributed by atoms with E-state index in [4.69, 9.17) is 14.5 Å². The monoisotopic (exact) mass is 393 g/mol. The molecular formula is C21H23N5O3. The fraction of sp³-hybridized carbons (Fsp3) is 0.333. The van der Waals surface area contributed by atoms with Crippen LogP contribution in [-0.4, -0.2) is 46.0 Å². The third-order valence-electron chi connectivity index (χ3n) is 4.81. The molecule has 0 aliphatic carbocycles. The van der Waals surface area contributed by atoms with Crippen LogP contribution in [0.25, 0.3) is 11.5 Å². The Hall–Kier alpha value is -3.26. The van der Waals surface area contributed by atoms with Gasteiger partial charge in [-0.25, -0.2) is 4.98 Å². The molecule has 1 aliphatic heterocycles. The lowest BCUT2D eigenvalue weighted by Gasteiger charge is -2.16. The molecule has 29 heavy (non-hydrogen) atoms. The summed E-state index contributed by atoms with van der Waals surface area (Å²) >= 11 is 0. The summed E-state index contributed by atoms with van der Waals surface area (Å²) in [6, 6.07) is 11.4. The van der Waals surface area contributed by atoms with Crippen LogP contribution < -0.4 is 9.64 Å². The van der Waals surface area contributed by atoms with Crippen LogP contribution in [0, 0.1) is 0 Å². The van der Waals surface area contributed by atoms with Gasteiger partial charge in [0.05, 0.1) is 13.2 Å². The fourth-order valence-corrected chi connectivity index (χ4v) is 3.30. The smallest absolute Gasteiger partial charge is 0.260 e. The molecule has 0 bridgehead atoms. The predicted molar refractivity (Wildman–Crippen MR) is 108 cm³/mol. The zero-order valence-electron chi connectivity index (χ0n) is 16.7. The molecule has 2 aromatic heterocycles. The maximum absolute atomic E-state index is 13.0. The summed E-state index contributed by atoms with van der Waals surface area (Å²) in [6.07, 6.45) is 1.69. The summed E-state index contributed by atoms with van der Waals surface area (Å²) in [4.78, 5) is 19.4. The number of pyridine rings is 1. The maximum Gasteiger partial charge on any atom is 0.260 e. The molecule has 0 fully saturated rings. The van der Waals surface area contributed by atoms with Gasteiger partial charge < -0.3 is 14.0 Å². The Balaban J connectivity index is 1.59. The molecule has 0 atom stereocenters. The number of hydrogen-bond donors (Lipinski definition) is 0. The Labute approximate surface area is 169 Å². The number of benzene rings is 1. The normalized spacial score (nSPS) is 13.2. The summed E-state index contributed by atoms with van der Waals surface area (Å²) in [5.74, 6) is 1.83. The lowest BCUT2D eigenvalue weighted by molar-refractivity contribution is 0.0995. The van der Waals surface area contributed by atoms with E-state index in [-0.39, 0.29) is 11.9 Å². The molecule has 8 heteroatoms. The average molecular weight is 393 g/mol. The first-order chi connectivity index (χ1) is 14.1. The van der Waals surface area contributed by atoms with Crippen molar-refractivity contribution in [3.05, 3.63) is 53.9 Å². The highest BCUT2D eigenvalue weighted by Gasteiger charge is 2.30. The fourth-order valence-electron chi connectivity index (χ4n) is 3.30. The Bertz CT molecular complexity index is 1030. The number of fused-ring (bicyclic) bond motifs is 1. The molecule has 150 valence electrons. The quantitative estimate of drug-likeness (QED) is 0.574. The molecule has 3 heterocycles. The molecule has 0 radical (unpaired) electrons. The lowest BCUT2D eigenvalue weighted by Crippen LogP contribution is -2.24. The van der Waals surface area contributed by atoms with Crippen molar-refractivity contribution in [2.75, 3.05) is 25.2 Å².